The normalized spacial score (nSPS) is 17.9. The highest BCUT2D eigenvalue weighted by atomic mass is 16.5. The fourth-order valence-electron chi connectivity index (χ4n) is 5.61. The zero-order valence-corrected chi connectivity index (χ0v) is 23.7. The lowest BCUT2D eigenvalue weighted by atomic mass is 10.0. The van der Waals surface area contributed by atoms with Gasteiger partial charge in [0.05, 0.1) is 14.2 Å². The quantitative estimate of drug-likeness (QED) is 0.563. The Morgan fingerprint density at radius 2 is 1.64 bits per heavy atom. The first kappa shape index (κ1) is 28.9. The lowest BCUT2D eigenvalue weighted by Gasteiger charge is -2.36. The van der Waals surface area contributed by atoms with Crippen LogP contribution in [0.25, 0.3) is 0 Å². The summed E-state index contributed by atoms with van der Waals surface area (Å²) in [5.74, 6) is 1.17. The fraction of sp³-hybridized carbons (Fsp3) is 0.548. The molecule has 212 valence electrons. The van der Waals surface area contributed by atoms with Gasteiger partial charge in [-0.15, -0.1) is 0 Å². The van der Waals surface area contributed by atoms with E-state index in [0.29, 0.717) is 42.7 Å². The molecule has 2 aromatic rings. The number of fused-ring (bicyclic) bond motifs is 1. The first-order chi connectivity index (χ1) is 19.0. The van der Waals surface area contributed by atoms with Crippen LogP contribution in [0.3, 0.4) is 0 Å². The SMILES string of the molecule is COc1ccc(CNC(=O)c2ccc3c(c2)CN(C2CCOCC2)CCCCCCCN3C(C)=O)cc1OC. The van der Waals surface area contributed by atoms with Crippen molar-refractivity contribution in [2.75, 3.05) is 45.4 Å². The molecule has 0 radical (unpaired) electrons. The number of carbonyl (C=O) groups is 2. The maximum Gasteiger partial charge on any atom is 0.251 e. The molecular formula is C31H43N3O5. The molecule has 2 aliphatic rings. The summed E-state index contributed by atoms with van der Waals surface area (Å²) in [6.07, 6.45) is 7.68. The predicted molar refractivity (Wildman–Crippen MR) is 153 cm³/mol. The molecule has 8 nitrogen and oxygen atoms in total. The minimum absolute atomic E-state index is 0.0385. The molecule has 1 N–H and O–H groups in total. The molecule has 0 saturated carbocycles. The zero-order chi connectivity index (χ0) is 27.6. The van der Waals surface area contributed by atoms with Crippen LogP contribution in [0.5, 0.6) is 11.5 Å². The standard InChI is InChI=1S/C31H43N3O5/c1-23(35)34-16-8-6-4-5-7-15-33(27-13-17-39-18-14-27)22-26-20-25(10-11-28(26)34)31(36)32-21-24-9-12-29(37-2)30(19-24)38-3/h9-12,19-20,27H,4-8,13-18,21-22H2,1-3H3,(H,32,36). The summed E-state index contributed by atoms with van der Waals surface area (Å²) >= 11 is 0. The van der Waals surface area contributed by atoms with Crippen molar-refractivity contribution < 1.29 is 23.8 Å². The van der Waals surface area contributed by atoms with Crippen molar-refractivity contribution in [3.05, 3.63) is 53.1 Å². The monoisotopic (exact) mass is 537 g/mol. The third kappa shape index (κ3) is 7.73. The van der Waals surface area contributed by atoms with Crippen LogP contribution in [-0.2, 0) is 22.6 Å². The molecule has 2 heterocycles. The Balaban J connectivity index is 1.59. The number of hydrogen-bond donors (Lipinski definition) is 1. The topological polar surface area (TPSA) is 80.3 Å². The molecule has 0 unspecified atom stereocenters. The Bertz CT molecular complexity index is 1120. The van der Waals surface area contributed by atoms with Gasteiger partial charge in [0.2, 0.25) is 5.91 Å². The number of nitrogens with one attached hydrogen (secondary N) is 1. The lowest BCUT2D eigenvalue weighted by molar-refractivity contribution is -0.116. The molecule has 1 fully saturated rings. The van der Waals surface area contributed by atoms with Gasteiger partial charge in [0, 0.05) is 57.1 Å². The van der Waals surface area contributed by atoms with Crippen LogP contribution in [0.1, 0.15) is 73.4 Å². The van der Waals surface area contributed by atoms with Gasteiger partial charge in [-0.2, -0.15) is 0 Å². The average molecular weight is 538 g/mol. The van der Waals surface area contributed by atoms with Gasteiger partial charge in [-0.1, -0.05) is 25.3 Å². The summed E-state index contributed by atoms with van der Waals surface area (Å²) in [4.78, 5) is 30.5. The van der Waals surface area contributed by atoms with Crippen LogP contribution in [0.15, 0.2) is 36.4 Å². The number of carbonyl (C=O) groups excluding carboxylic acids is 2. The molecule has 0 spiro atoms. The molecule has 0 aromatic heterocycles. The van der Waals surface area contributed by atoms with E-state index >= 15 is 0 Å². The van der Waals surface area contributed by atoms with Crippen molar-refractivity contribution in [2.24, 2.45) is 0 Å². The third-order valence-corrected chi connectivity index (χ3v) is 7.82. The summed E-state index contributed by atoms with van der Waals surface area (Å²) in [6, 6.07) is 11.8. The van der Waals surface area contributed by atoms with E-state index in [0.717, 1.165) is 68.7 Å². The maximum atomic E-state index is 13.3. The van der Waals surface area contributed by atoms with E-state index in [9.17, 15) is 9.59 Å². The number of benzene rings is 2. The molecule has 4 rings (SSSR count). The largest absolute Gasteiger partial charge is 0.493 e. The van der Waals surface area contributed by atoms with Gasteiger partial charge >= 0.3 is 0 Å². The van der Waals surface area contributed by atoms with Crippen molar-refractivity contribution >= 4 is 17.5 Å². The van der Waals surface area contributed by atoms with Crippen LogP contribution >= 0.6 is 0 Å². The van der Waals surface area contributed by atoms with Crippen molar-refractivity contribution in [3.8, 4) is 11.5 Å². The number of methoxy groups -OCH3 is 2. The molecule has 2 aromatic carbocycles. The van der Waals surface area contributed by atoms with Crippen molar-refractivity contribution in [2.45, 2.75) is 71.0 Å². The van der Waals surface area contributed by atoms with Gasteiger partial charge in [-0.25, -0.2) is 0 Å². The van der Waals surface area contributed by atoms with E-state index < -0.39 is 0 Å². The Labute approximate surface area is 232 Å². The number of hydrogen-bond acceptors (Lipinski definition) is 6. The Hall–Kier alpha value is -3.10. The van der Waals surface area contributed by atoms with Crippen LogP contribution in [0, 0.1) is 0 Å². The average Bonchev–Trinajstić information content (AvgIpc) is 2.96. The molecule has 0 atom stereocenters. The van der Waals surface area contributed by atoms with E-state index in [4.69, 9.17) is 14.2 Å². The maximum absolute atomic E-state index is 13.3. The third-order valence-electron chi connectivity index (χ3n) is 7.82. The van der Waals surface area contributed by atoms with Crippen molar-refractivity contribution in [3.63, 3.8) is 0 Å². The minimum atomic E-state index is -0.148. The first-order valence-corrected chi connectivity index (χ1v) is 14.2. The number of anilines is 1. The summed E-state index contributed by atoms with van der Waals surface area (Å²) < 4.78 is 16.4. The van der Waals surface area contributed by atoms with Gasteiger partial charge in [0.1, 0.15) is 0 Å². The van der Waals surface area contributed by atoms with Gasteiger partial charge in [-0.05, 0) is 73.7 Å². The molecular weight excluding hydrogens is 494 g/mol. The van der Waals surface area contributed by atoms with Crippen molar-refractivity contribution in [1.82, 2.24) is 10.2 Å². The molecule has 0 bridgehead atoms. The second kappa shape index (κ2) is 14.3. The van der Waals surface area contributed by atoms with Crippen LogP contribution in [0.2, 0.25) is 0 Å². The Morgan fingerprint density at radius 1 is 0.923 bits per heavy atom. The predicted octanol–water partition coefficient (Wildman–Crippen LogP) is 4.93. The van der Waals surface area contributed by atoms with Crippen LogP contribution in [0.4, 0.5) is 5.69 Å². The van der Waals surface area contributed by atoms with Crippen molar-refractivity contribution in [1.29, 1.82) is 0 Å². The summed E-state index contributed by atoms with van der Waals surface area (Å²) in [5, 5.41) is 3.04. The van der Waals surface area contributed by atoms with E-state index in [1.807, 2.05) is 41.3 Å². The minimum Gasteiger partial charge on any atom is -0.493 e. The van der Waals surface area contributed by atoms with Crippen LogP contribution < -0.4 is 19.7 Å². The zero-order valence-electron chi connectivity index (χ0n) is 23.7. The number of amides is 2. The molecule has 39 heavy (non-hydrogen) atoms. The second-order valence-electron chi connectivity index (χ2n) is 10.5. The van der Waals surface area contributed by atoms with E-state index in [-0.39, 0.29) is 11.8 Å². The molecule has 1 saturated heterocycles. The van der Waals surface area contributed by atoms with E-state index in [1.54, 1.807) is 21.1 Å². The van der Waals surface area contributed by atoms with E-state index in [2.05, 4.69) is 10.2 Å². The van der Waals surface area contributed by atoms with Gasteiger partial charge < -0.3 is 24.4 Å². The smallest absolute Gasteiger partial charge is 0.251 e. The second-order valence-corrected chi connectivity index (χ2v) is 10.5. The highest BCUT2D eigenvalue weighted by Crippen LogP contribution is 2.29. The highest BCUT2D eigenvalue weighted by Gasteiger charge is 2.25. The first-order valence-electron chi connectivity index (χ1n) is 14.2. The molecule has 8 heteroatoms. The van der Waals surface area contributed by atoms with Gasteiger partial charge in [0.25, 0.3) is 5.91 Å². The lowest BCUT2D eigenvalue weighted by Crippen LogP contribution is -2.40. The Morgan fingerprint density at radius 3 is 2.36 bits per heavy atom. The summed E-state index contributed by atoms with van der Waals surface area (Å²) in [5.41, 5.74) is 3.45. The summed E-state index contributed by atoms with van der Waals surface area (Å²) in [6.45, 7) is 5.99. The van der Waals surface area contributed by atoms with Gasteiger partial charge in [-0.3, -0.25) is 14.5 Å². The highest BCUT2D eigenvalue weighted by molar-refractivity contribution is 5.97. The molecule has 2 amide bonds. The van der Waals surface area contributed by atoms with Gasteiger partial charge in [0.15, 0.2) is 11.5 Å². The van der Waals surface area contributed by atoms with Crippen LogP contribution in [-0.4, -0.2) is 63.3 Å². The fourth-order valence-corrected chi connectivity index (χ4v) is 5.61. The van der Waals surface area contributed by atoms with E-state index in [1.165, 1.54) is 12.8 Å². The number of nitrogens with zero attached hydrogens (tertiary/aromatic N) is 2. The Kier molecular flexibility index (Phi) is 10.6. The number of ether oxygens (including phenoxy) is 3. The molecule has 0 aliphatic carbocycles. The number of rotatable bonds is 6. The molecule has 2 aliphatic heterocycles. The summed E-state index contributed by atoms with van der Waals surface area (Å²) in [7, 11) is 3.20.